The average molecular weight is 397 g/mol. The zero-order chi connectivity index (χ0) is 21.0. The van der Waals surface area contributed by atoms with Gasteiger partial charge < -0.3 is 14.4 Å². The molecule has 7 nitrogen and oxygen atoms in total. The summed E-state index contributed by atoms with van der Waals surface area (Å²) >= 11 is 0. The third kappa shape index (κ3) is 4.60. The Labute approximate surface area is 167 Å². The van der Waals surface area contributed by atoms with Crippen LogP contribution in [0.3, 0.4) is 0 Å². The normalized spacial score (nSPS) is 10.5. The Balaban J connectivity index is 2.01. The molecule has 0 radical (unpaired) electrons. The Morgan fingerprint density at radius 1 is 1.14 bits per heavy atom. The first-order chi connectivity index (χ1) is 13.9. The number of carbonyl (C=O) groups is 2. The summed E-state index contributed by atoms with van der Waals surface area (Å²) in [5.41, 5.74) is 1.74. The molecule has 3 rings (SSSR count). The fourth-order valence-electron chi connectivity index (χ4n) is 2.57. The van der Waals surface area contributed by atoms with Crippen molar-refractivity contribution in [3.05, 3.63) is 66.1 Å². The monoisotopic (exact) mass is 397 g/mol. The molecule has 0 bridgehead atoms. The number of amides is 1. The van der Waals surface area contributed by atoms with Gasteiger partial charge in [0.25, 0.3) is 5.91 Å². The minimum absolute atomic E-state index is 0.175. The maximum absolute atomic E-state index is 13.3. The van der Waals surface area contributed by atoms with Crippen LogP contribution in [0, 0.1) is 5.82 Å². The first kappa shape index (κ1) is 20.1. The second kappa shape index (κ2) is 8.55. The van der Waals surface area contributed by atoms with Crippen LogP contribution in [0.1, 0.15) is 10.4 Å². The van der Waals surface area contributed by atoms with Gasteiger partial charge >= 0.3 is 5.97 Å². The van der Waals surface area contributed by atoms with Gasteiger partial charge in [0.05, 0.1) is 12.8 Å². The molecule has 0 aliphatic carbocycles. The number of rotatable bonds is 6. The maximum Gasteiger partial charge on any atom is 0.342 e. The minimum Gasteiger partial charge on any atom is -0.497 e. The van der Waals surface area contributed by atoms with Crippen LogP contribution in [-0.2, 0) is 9.53 Å². The Hall–Kier alpha value is -3.68. The van der Waals surface area contributed by atoms with Crippen LogP contribution < -0.4 is 4.74 Å². The molecule has 0 unspecified atom stereocenters. The molecule has 3 aromatic rings. The zero-order valence-corrected chi connectivity index (χ0v) is 16.3. The first-order valence-electron chi connectivity index (χ1n) is 8.76. The maximum atomic E-state index is 13.3. The largest absolute Gasteiger partial charge is 0.497 e. The Bertz CT molecular complexity index is 1030. The van der Waals surface area contributed by atoms with Crippen LogP contribution in [0.2, 0.25) is 0 Å². The summed E-state index contributed by atoms with van der Waals surface area (Å²) in [5.74, 6) is -0.810. The number of likely N-dealkylation sites (N-methyl/N-ethyl adjacent to an activating group) is 1. The highest BCUT2D eigenvalue weighted by Crippen LogP contribution is 2.27. The lowest BCUT2D eigenvalue weighted by Gasteiger charge is -2.10. The Morgan fingerprint density at radius 3 is 2.52 bits per heavy atom. The fraction of sp³-hybridized carbons (Fsp3) is 0.190. The van der Waals surface area contributed by atoms with Crippen molar-refractivity contribution in [3.63, 3.8) is 0 Å². The number of ether oxygens (including phenoxy) is 2. The second-order valence-electron chi connectivity index (χ2n) is 6.41. The highest BCUT2D eigenvalue weighted by atomic mass is 19.1. The second-order valence-corrected chi connectivity index (χ2v) is 6.41. The van der Waals surface area contributed by atoms with Gasteiger partial charge in [0.2, 0.25) is 0 Å². The summed E-state index contributed by atoms with van der Waals surface area (Å²) in [6.45, 7) is -0.384. The number of methoxy groups -OCH3 is 1. The molecule has 29 heavy (non-hydrogen) atoms. The smallest absolute Gasteiger partial charge is 0.342 e. The summed E-state index contributed by atoms with van der Waals surface area (Å²) in [6, 6.07) is 12.8. The van der Waals surface area contributed by atoms with Crippen molar-refractivity contribution in [2.24, 2.45) is 0 Å². The molecule has 1 amide bonds. The van der Waals surface area contributed by atoms with E-state index in [0.717, 1.165) is 0 Å². The SMILES string of the molecule is COc1cccc(-c2nn(-c3ccc(F)cc3)cc2C(=O)OCC(=O)N(C)C)c1. The van der Waals surface area contributed by atoms with Gasteiger partial charge in [0.15, 0.2) is 6.61 Å². The highest BCUT2D eigenvalue weighted by molar-refractivity contribution is 5.97. The van der Waals surface area contributed by atoms with E-state index in [0.29, 0.717) is 22.7 Å². The number of aromatic nitrogens is 2. The molecule has 1 aromatic heterocycles. The molecular formula is C21H20FN3O4. The van der Waals surface area contributed by atoms with E-state index < -0.39 is 5.97 Å². The number of carbonyl (C=O) groups excluding carboxylic acids is 2. The van der Waals surface area contributed by atoms with E-state index in [1.165, 1.54) is 35.0 Å². The molecule has 0 aliphatic heterocycles. The molecule has 150 valence electrons. The Kier molecular flexibility index (Phi) is 5.92. The standard InChI is InChI=1S/C21H20FN3O4/c1-24(2)19(26)13-29-21(27)18-12-25(16-9-7-15(22)8-10-16)23-20(18)14-5-4-6-17(11-14)28-3/h4-12H,13H2,1-3H3. The summed E-state index contributed by atoms with van der Waals surface area (Å²) in [7, 11) is 4.69. The van der Waals surface area contributed by atoms with Gasteiger partial charge in [0, 0.05) is 25.9 Å². The van der Waals surface area contributed by atoms with E-state index in [-0.39, 0.29) is 23.9 Å². The number of nitrogens with zero attached hydrogens (tertiary/aromatic N) is 3. The predicted molar refractivity (Wildman–Crippen MR) is 104 cm³/mol. The summed E-state index contributed by atoms with van der Waals surface area (Å²) in [6.07, 6.45) is 1.49. The predicted octanol–water partition coefficient (Wildman–Crippen LogP) is 2.93. The van der Waals surface area contributed by atoms with Crippen LogP contribution in [0.25, 0.3) is 16.9 Å². The van der Waals surface area contributed by atoms with E-state index >= 15 is 0 Å². The topological polar surface area (TPSA) is 73.7 Å². The van der Waals surface area contributed by atoms with E-state index in [1.54, 1.807) is 50.5 Å². The quantitative estimate of drug-likeness (QED) is 0.598. The van der Waals surface area contributed by atoms with Crippen molar-refractivity contribution in [1.82, 2.24) is 14.7 Å². The van der Waals surface area contributed by atoms with E-state index in [1.807, 2.05) is 0 Å². The van der Waals surface area contributed by atoms with E-state index in [9.17, 15) is 14.0 Å². The van der Waals surface area contributed by atoms with Crippen molar-refractivity contribution < 1.29 is 23.5 Å². The molecule has 0 N–H and O–H groups in total. The first-order valence-corrected chi connectivity index (χ1v) is 8.76. The van der Waals surface area contributed by atoms with Crippen LogP contribution in [0.15, 0.2) is 54.7 Å². The lowest BCUT2D eigenvalue weighted by atomic mass is 10.1. The van der Waals surface area contributed by atoms with Crippen molar-refractivity contribution in [3.8, 4) is 22.7 Å². The molecule has 8 heteroatoms. The van der Waals surface area contributed by atoms with E-state index in [4.69, 9.17) is 9.47 Å². The van der Waals surface area contributed by atoms with Crippen molar-refractivity contribution in [2.75, 3.05) is 27.8 Å². The van der Waals surface area contributed by atoms with Gasteiger partial charge in [-0.3, -0.25) is 4.79 Å². The van der Waals surface area contributed by atoms with Gasteiger partial charge in [-0.15, -0.1) is 0 Å². The van der Waals surface area contributed by atoms with E-state index in [2.05, 4.69) is 5.10 Å². The molecule has 2 aromatic carbocycles. The van der Waals surface area contributed by atoms with Gasteiger partial charge in [-0.2, -0.15) is 5.10 Å². The fourth-order valence-corrected chi connectivity index (χ4v) is 2.57. The molecule has 0 atom stereocenters. The zero-order valence-electron chi connectivity index (χ0n) is 16.3. The number of esters is 1. The summed E-state index contributed by atoms with van der Waals surface area (Å²) in [4.78, 5) is 25.8. The third-order valence-electron chi connectivity index (χ3n) is 4.19. The number of hydrogen-bond acceptors (Lipinski definition) is 5. The minimum atomic E-state index is -0.689. The van der Waals surface area contributed by atoms with Crippen molar-refractivity contribution in [2.45, 2.75) is 0 Å². The van der Waals surface area contributed by atoms with Crippen LogP contribution in [0.5, 0.6) is 5.75 Å². The molecule has 0 fully saturated rings. The summed E-state index contributed by atoms with van der Waals surface area (Å²) < 4.78 is 25.1. The molecular weight excluding hydrogens is 377 g/mol. The Morgan fingerprint density at radius 2 is 1.86 bits per heavy atom. The average Bonchev–Trinajstić information content (AvgIpc) is 3.17. The van der Waals surface area contributed by atoms with Crippen LogP contribution in [0.4, 0.5) is 4.39 Å². The lowest BCUT2D eigenvalue weighted by Crippen LogP contribution is -2.27. The number of hydrogen-bond donors (Lipinski definition) is 0. The van der Waals surface area contributed by atoms with Crippen LogP contribution in [-0.4, -0.2) is 54.4 Å². The molecule has 0 saturated heterocycles. The van der Waals surface area contributed by atoms with Crippen LogP contribution >= 0.6 is 0 Å². The highest BCUT2D eigenvalue weighted by Gasteiger charge is 2.21. The lowest BCUT2D eigenvalue weighted by molar-refractivity contribution is -0.131. The van der Waals surface area contributed by atoms with Gasteiger partial charge in [-0.05, 0) is 36.4 Å². The molecule has 0 aliphatic rings. The summed E-state index contributed by atoms with van der Waals surface area (Å²) in [5, 5.41) is 4.48. The third-order valence-corrected chi connectivity index (χ3v) is 4.19. The number of halogens is 1. The van der Waals surface area contributed by atoms with Gasteiger partial charge in [-0.1, -0.05) is 12.1 Å². The molecule has 0 saturated carbocycles. The van der Waals surface area contributed by atoms with Crippen molar-refractivity contribution in [1.29, 1.82) is 0 Å². The number of benzene rings is 2. The molecule has 0 spiro atoms. The molecule has 1 heterocycles. The van der Waals surface area contributed by atoms with Gasteiger partial charge in [-0.25, -0.2) is 13.9 Å². The van der Waals surface area contributed by atoms with Gasteiger partial charge in [0.1, 0.15) is 22.8 Å². The van der Waals surface area contributed by atoms with Crippen molar-refractivity contribution >= 4 is 11.9 Å².